The van der Waals surface area contributed by atoms with E-state index in [1.54, 1.807) is 0 Å². The maximum atomic E-state index is 10.5. The number of aliphatic hydroxyl groups excluding tert-OH is 1. The van der Waals surface area contributed by atoms with Gasteiger partial charge in [-0.3, -0.25) is 4.90 Å². The van der Waals surface area contributed by atoms with Gasteiger partial charge in [0.1, 0.15) is 0 Å². The monoisotopic (exact) mass is 279 g/mol. The highest BCUT2D eigenvalue weighted by Gasteiger charge is 2.38. The Balaban J connectivity index is 1.63. The van der Waals surface area contributed by atoms with Crippen molar-refractivity contribution in [3.8, 4) is 0 Å². The molecule has 1 heterocycles. The lowest BCUT2D eigenvalue weighted by molar-refractivity contribution is -0.0289. The number of nitrogens with zero attached hydrogens (tertiary/aromatic N) is 1. The molecule has 2 heteroatoms. The van der Waals surface area contributed by atoms with Crippen molar-refractivity contribution in [1.29, 1.82) is 0 Å². The van der Waals surface area contributed by atoms with E-state index < -0.39 is 0 Å². The first kappa shape index (κ1) is 14.8. The zero-order chi connectivity index (χ0) is 14.1. The van der Waals surface area contributed by atoms with Gasteiger partial charge in [-0.2, -0.15) is 0 Å². The molecule has 4 unspecified atom stereocenters. The third kappa shape index (κ3) is 3.06. The molecule has 2 saturated carbocycles. The molecule has 116 valence electrons. The van der Waals surface area contributed by atoms with E-state index in [0.29, 0.717) is 17.8 Å². The minimum Gasteiger partial charge on any atom is -0.393 e. The molecule has 0 aromatic carbocycles. The van der Waals surface area contributed by atoms with Crippen LogP contribution in [0.25, 0.3) is 0 Å². The Bertz CT molecular complexity index is 305. The first-order valence-corrected chi connectivity index (χ1v) is 9.07. The van der Waals surface area contributed by atoms with Gasteiger partial charge in [-0.25, -0.2) is 0 Å². The molecule has 1 aliphatic heterocycles. The Morgan fingerprint density at radius 1 is 1.00 bits per heavy atom. The highest BCUT2D eigenvalue weighted by atomic mass is 16.3. The van der Waals surface area contributed by atoms with Crippen molar-refractivity contribution in [2.45, 2.75) is 77.4 Å². The Morgan fingerprint density at radius 3 is 2.55 bits per heavy atom. The van der Waals surface area contributed by atoms with Gasteiger partial charge < -0.3 is 5.11 Å². The van der Waals surface area contributed by atoms with Gasteiger partial charge in [0.15, 0.2) is 0 Å². The molecule has 6 atom stereocenters. The van der Waals surface area contributed by atoms with Gasteiger partial charge in [-0.05, 0) is 62.8 Å². The highest BCUT2D eigenvalue weighted by Crippen LogP contribution is 2.39. The average Bonchev–Trinajstić information content (AvgIpc) is 2.43. The SMILES string of the molecule is CC1CC(C)C(CN2CCC[C@H]3CCCC[C@H]32)C(O)C1. The lowest BCUT2D eigenvalue weighted by Crippen LogP contribution is -2.51. The van der Waals surface area contributed by atoms with Crippen LogP contribution in [-0.2, 0) is 0 Å². The largest absolute Gasteiger partial charge is 0.393 e. The number of likely N-dealkylation sites (tertiary alicyclic amines) is 1. The van der Waals surface area contributed by atoms with E-state index in [-0.39, 0.29) is 6.10 Å². The number of hydrogen-bond acceptors (Lipinski definition) is 2. The normalized spacial score (nSPS) is 47.0. The summed E-state index contributed by atoms with van der Waals surface area (Å²) >= 11 is 0. The van der Waals surface area contributed by atoms with Crippen LogP contribution < -0.4 is 0 Å². The molecule has 3 rings (SSSR count). The van der Waals surface area contributed by atoms with Crippen LogP contribution in [0.4, 0.5) is 0 Å². The highest BCUT2D eigenvalue weighted by molar-refractivity contribution is 4.91. The molecule has 2 nitrogen and oxygen atoms in total. The summed E-state index contributed by atoms with van der Waals surface area (Å²) in [7, 11) is 0. The smallest absolute Gasteiger partial charge is 0.0585 e. The van der Waals surface area contributed by atoms with Crippen molar-refractivity contribution >= 4 is 0 Å². The topological polar surface area (TPSA) is 23.5 Å². The molecule has 20 heavy (non-hydrogen) atoms. The van der Waals surface area contributed by atoms with Crippen molar-refractivity contribution in [3.63, 3.8) is 0 Å². The number of hydrogen-bond donors (Lipinski definition) is 1. The van der Waals surface area contributed by atoms with Gasteiger partial charge in [0.2, 0.25) is 0 Å². The molecule has 1 N–H and O–H groups in total. The van der Waals surface area contributed by atoms with Crippen molar-refractivity contribution in [2.75, 3.05) is 13.1 Å². The van der Waals surface area contributed by atoms with Crippen LogP contribution in [0.15, 0.2) is 0 Å². The Labute approximate surface area is 124 Å². The second-order valence-electron chi connectivity index (χ2n) is 8.03. The van der Waals surface area contributed by atoms with Crippen LogP contribution in [0.3, 0.4) is 0 Å². The van der Waals surface area contributed by atoms with Crippen LogP contribution in [0, 0.1) is 23.7 Å². The molecule has 0 amide bonds. The third-order valence-corrected chi connectivity index (χ3v) is 6.45. The lowest BCUT2D eigenvalue weighted by Gasteiger charge is -2.47. The minimum atomic E-state index is -0.0577. The summed E-state index contributed by atoms with van der Waals surface area (Å²) in [5, 5.41) is 10.5. The quantitative estimate of drug-likeness (QED) is 0.833. The second-order valence-corrected chi connectivity index (χ2v) is 8.03. The molecule has 2 aliphatic carbocycles. The first-order valence-electron chi connectivity index (χ1n) is 9.07. The molecular weight excluding hydrogens is 246 g/mol. The number of fused-ring (bicyclic) bond motifs is 1. The number of rotatable bonds is 2. The molecule has 3 aliphatic rings. The summed E-state index contributed by atoms with van der Waals surface area (Å²) in [5.41, 5.74) is 0. The van der Waals surface area contributed by atoms with Gasteiger partial charge >= 0.3 is 0 Å². The van der Waals surface area contributed by atoms with Crippen LogP contribution in [0.5, 0.6) is 0 Å². The molecule has 0 spiro atoms. The first-order chi connectivity index (χ1) is 9.65. The maximum Gasteiger partial charge on any atom is 0.0585 e. The summed E-state index contributed by atoms with van der Waals surface area (Å²) in [6.07, 6.45) is 10.9. The van der Waals surface area contributed by atoms with Crippen LogP contribution in [-0.4, -0.2) is 35.2 Å². The van der Waals surface area contributed by atoms with Crippen LogP contribution in [0.2, 0.25) is 0 Å². The molecule has 0 aromatic rings. The van der Waals surface area contributed by atoms with Crippen molar-refractivity contribution in [1.82, 2.24) is 4.90 Å². The molecule has 0 bridgehead atoms. The summed E-state index contributed by atoms with van der Waals surface area (Å²) in [6, 6.07) is 0.844. The van der Waals surface area contributed by atoms with E-state index in [4.69, 9.17) is 0 Å². The predicted octanol–water partition coefficient (Wildman–Crippen LogP) is 3.68. The van der Waals surface area contributed by atoms with Crippen molar-refractivity contribution < 1.29 is 5.11 Å². The third-order valence-electron chi connectivity index (χ3n) is 6.45. The summed E-state index contributed by atoms with van der Waals surface area (Å²) in [6.45, 7) is 7.11. The molecule has 0 aromatic heterocycles. The zero-order valence-corrected chi connectivity index (χ0v) is 13.4. The predicted molar refractivity (Wildman–Crippen MR) is 83.6 cm³/mol. The van der Waals surface area contributed by atoms with Crippen LogP contribution in [0.1, 0.15) is 65.2 Å². The zero-order valence-electron chi connectivity index (χ0n) is 13.4. The Hall–Kier alpha value is -0.0800. The van der Waals surface area contributed by atoms with E-state index in [1.165, 1.54) is 51.5 Å². The van der Waals surface area contributed by atoms with Gasteiger partial charge in [0, 0.05) is 18.5 Å². The molecular formula is C18H33NO. The van der Waals surface area contributed by atoms with E-state index in [9.17, 15) is 5.11 Å². The Kier molecular flexibility index (Phi) is 4.72. The van der Waals surface area contributed by atoms with E-state index in [0.717, 1.165) is 24.9 Å². The van der Waals surface area contributed by atoms with Crippen LogP contribution >= 0.6 is 0 Å². The van der Waals surface area contributed by atoms with E-state index >= 15 is 0 Å². The van der Waals surface area contributed by atoms with Gasteiger partial charge in [-0.15, -0.1) is 0 Å². The van der Waals surface area contributed by atoms with Crippen molar-refractivity contribution in [3.05, 3.63) is 0 Å². The summed E-state index contributed by atoms with van der Waals surface area (Å²) < 4.78 is 0. The Morgan fingerprint density at radius 2 is 1.75 bits per heavy atom. The average molecular weight is 279 g/mol. The van der Waals surface area contributed by atoms with Gasteiger partial charge in [0.25, 0.3) is 0 Å². The standard InChI is InChI=1S/C18H33NO/c1-13-10-14(2)16(18(20)11-13)12-19-9-5-7-15-6-3-4-8-17(15)19/h13-18,20H,3-12H2,1-2H3/t13?,14?,15-,16?,17-,18?/m1/s1. The van der Waals surface area contributed by atoms with E-state index in [2.05, 4.69) is 18.7 Å². The molecule has 3 fully saturated rings. The fourth-order valence-electron chi connectivity index (χ4n) is 5.40. The maximum absolute atomic E-state index is 10.5. The van der Waals surface area contributed by atoms with Gasteiger partial charge in [0.05, 0.1) is 6.10 Å². The summed E-state index contributed by atoms with van der Waals surface area (Å²) in [4.78, 5) is 2.77. The molecule has 0 radical (unpaired) electrons. The minimum absolute atomic E-state index is 0.0577. The number of aliphatic hydroxyl groups is 1. The fourth-order valence-corrected chi connectivity index (χ4v) is 5.40. The number of piperidine rings is 1. The second kappa shape index (κ2) is 6.36. The summed E-state index contributed by atoms with van der Waals surface area (Å²) in [5.74, 6) is 2.89. The van der Waals surface area contributed by atoms with Crippen molar-refractivity contribution in [2.24, 2.45) is 23.7 Å². The lowest BCUT2D eigenvalue weighted by atomic mass is 9.72. The van der Waals surface area contributed by atoms with E-state index in [1.807, 2.05) is 0 Å². The molecule has 1 saturated heterocycles. The fraction of sp³-hybridized carbons (Fsp3) is 1.00. The van der Waals surface area contributed by atoms with Gasteiger partial charge in [-0.1, -0.05) is 26.7 Å².